The van der Waals surface area contributed by atoms with Gasteiger partial charge in [-0.2, -0.15) is 0 Å². The van der Waals surface area contributed by atoms with Crippen LogP contribution in [-0.4, -0.2) is 17.2 Å². The Kier molecular flexibility index (Phi) is 4.02. The summed E-state index contributed by atoms with van der Waals surface area (Å²) in [4.78, 5) is 16.3. The maximum atomic E-state index is 11.0. The Balaban J connectivity index is 2.37. The van der Waals surface area contributed by atoms with Gasteiger partial charge < -0.3 is 10.6 Å². The number of hydrogen-bond acceptors (Lipinski definition) is 4. The molecule has 4 unspecified atom stereocenters. The lowest BCUT2D eigenvalue weighted by Crippen LogP contribution is -2.57. The molecular formula is C15H28N2O3. The topological polar surface area (TPSA) is 78.4 Å². The lowest BCUT2D eigenvalue weighted by atomic mass is 9.49. The van der Waals surface area contributed by atoms with Gasteiger partial charge in [0.15, 0.2) is 0 Å². The summed E-state index contributed by atoms with van der Waals surface area (Å²) >= 11 is 0. The first-order valence-corrected chi connectivity index (χ1v) is 7.83. The number of nitrogens with two attached hydrogens (primary N) is 1. The van der Waals surface area contributed by atoms with Crippen molar-refractivity contribution < 1.29 is 9.92 Å². The molecule has 2 bridgehead atoms. The molecule has 0 amide bonds. The molecule has 2 aliphatic rings. The Bertz CT molecular complexity index is 385. The summed E-state index contributed by atoms with van der Waals surface area (Å²) in [7, 11) is 0. The Morgan fingerprint density at radius 2 is 2.00 bits per heavy atom. The van der Waals surface area contributed by atoms with Crippen LogP contribution in [0.15, 0.2) is 0 Å². The van der Waals surface area contributed by atoms with Gasteiger partial charge in [-0.1, -0.05) is 33.6 Å². The van der Waals surface area contributed by atoms with Crippen molar-refractivity contribution in [3.8, 4) is 0 Å². The van der Waals surface area contributed by atoms with Gasteiger partial charge in [-0.3, -0.25) is 0 Å². The smallest absolute Gasteiger partial charge is 0.295 e. The maximum absolute atomic E-state index is 11.0. The molecule has 2 aliphatic carbocycles. The predicted octanol–water partition coefficient (Wildman–Crippen LogP) is 3.30. The highest BCUT2D eigenvalue weighted by Crippen LogP contribution is 2.61. The van der Waals surface area contributed by atoms with Gasteiger partial charge in [0, 0.05) is 0 Å². The van der Waals surface area contributed by atoms with E-state index >= 15 is 0 Å². The summed E-state index contributed by atoms with van der Waals surface area (Å²) in [6, 6.07) is 0. The largest absolute Gasteiger partial charge is 0.330 e. The quantitative estimate of drug-likeness (QED) is 0.620. The fraction of sp³-hybridized carbons (Fsp3) is 1.00. The zero-order chi connectivity index (χ0) is 15.0. The van der Waals surface area contributed by atoms with E-state index in [1.165, 1.54) is 6.42 Å². The molecule has 0 radical (unpaired) electrons. The molecule has 0 aromatic rings. The van der Waals surface area contributed by atoms with Crippen molar-refractivity contribution in [1.82, 2.24) is 0 Å². The van der Waals surface area contributed by atoms with Gasteiger partial charge in [0.25, 0.3) is 5.09 Å². The van der Waals surface area contributed by atoms with Crippen LogP contribution >= 0.6 is 0 Å². The Morgan fingerprint density at radius 1 is 1.30 bits per heavy atom. The van der Waals surface area contributed by atoms with E-state index in [2.05, 4.69) is 20.8 Å². The maximum Gasteiger partial charge on any atom is 0.295 e. The molecule has 0 saturated heterocycles. The van der Waals surface area contributed by atoms with Crippen LogP contribution in [0, 0.1) is 26.9 Å². The monoisotopic (exact) mass is 284 g/mol. The molecule has 2 saturated carbocycles. The molecule has 5 heteroatoms. The van der Waals surface area contributed by atoms with E-state index in [-0.39, 0.29) is 10.8 Å². The average molecular weight is 284 g/mol. The molecule has 116 valence electrons. The fourth-order valence-electron chi connectivity index (χ4n) is 5.14. The zero-order valence-corrected chi connectivity index (χ0v) is 13.0. The summed E-state index contributed by atoms with van der Waals surface area (Å²) in [5.74, 6) is 0.533. The van der Waals surface area contributed by atoms with Crippen LogP contribution in [0.1, 0.15) is 65.7 Å². The number of fused-ring (bicyclic) bond motifs is 2. The van der Waals surface area contributed by atoms with Crippen LogP contribution < -0.4 is 5.73 Å². The summed E-state index contributed by atoms with van der Waals surface area (Å²) < 4.78 is 0. The van der Waals surface area contributed by atoms with E-state index in [1.54, 1.807) is 0 Å². The van der Waals surface area contributed by atoms with E-state index in [4.69, 9.17) is 10.6 Å². The molecule has 5 nitrogen and oxygen atoms in total. The minimum atomic E-state index is -0.606. The fourth-order valence-corrected chi connectivity index (χ4v) is 5.14. The van der Waals surface area contributed by atoms with Gasteiger partial charge >= 0.3 is 0 Å². The van der Waals surface area contributed by atoms with Crippen LogP contribution in [0.25, 0.3) is 0 Å². The summed E-state index contributed by atoms with van der Waals surface area (Å²) in [5, 5.41) is 10.4. The van der Waals surface area contributed by atoms with Crippen molar-refractivity contribution in [3.63, 3.8) is 0 Å². The minimum Gasteiger partial charge on any atom is -0.330 e. The molecule has 2 rings (SSSR count). The number of nitrogens with zero attached hydrogens (tertiary/aromatic N) is 1. The molecule has 0 spiro atoms. The van der Waals surface area contributed by atoms with Gasteiger partial charge in [-0.25, -0.2) is 0 Å². The molecule has 2 fully saturated rings. The third kappa shape index (κ3) is 2.78. The van der Waals surface area contributed by atoms with Gasteiger partial charge in [0.05, 0.1) is 0 Å². The van der Waals surface area contributed by atoms with Crippen LogP contribution in [0.5, 0.6) is 0 Å². The van der Waals surface area contributed by atoms with Crippen LogP contribution in [-0.2, 0) is 4.84 Å². The summed E-state index contributed by atoms with van der Waals surface area (Å²) in [5.41, 5.74) is 5.51. The lowest BCUT2D eigenvalue weighted by molar-refractivity contribution is -0.785. The van der Waals surface area contributed by atoms with Crippen molar-refractivity contribution in [2.75, 3.05) is 6.54 Å². The highest BCUT2D eigenvalue weighted by Gasteiger charge is 2.57. The van der Waals surface area contributed by atoms with E-state index in [9.17, 15) is 10.1 Å². The third-order valence-corrected chi connectivity index (χ3v) is 5.72. The molecule has 0 aromatic heterocycles. The summed E-state index contributed by atoms with van der Waals surface area (Å²) in [6.07, 6.45) is 6.72. The SMILES string of the molecule is CCC1CC2(CC)CC(C)(CN)CC(O[N+](=O)[O-])(C1)C2. The zero-order valence-electron chi connectivity index (χ0n) is 13.0. The van der Waals surface area contributed by atoms with E-state index in [1.807, 2.05) is 0 Å². The normalized spacial score (nSPS) is 44.1. The van der Waals surface area contributed by atoms with Crippen LogP contribution in [0.2, 0.25) is 0 Å². The van der Waals surface area contributed by atoms with Gasteiger partial charge in [-0.05, 0) is 55.4 Å². The van der Waals surface area contributed by atoms with Gasteiger partial charge in [0.2, 0.25) is 0 Å². The average Bonchev–Trinajstić information content (AvgIpc) is 2.36. The van der Waals surface area contributed by atoms with Crippen LogP contribution in [0.4, 0.5) is 0 Å². The van der Waals surface area contributed by atoms with Crippen molar-refractivity contribution in [1.29, 1.82) is 0 Å². The molecule has 4 atom stereocenters. The van der Waals surface area contributed by atoms with Crippen molar-refractivity contribution in [2.24, 2.45) is 22.5 Å². The van der Waals surface area contributed by atoms with Gasteiger partial charge in [0.1, 0.15) is 5.60 Å². The highest BCUT2D eigenvalue weighted by atomic mass is 17.0. The number of rotatable bonds is 5. The van der Waals surface area contributed by atoms with Crippen molar-refractivity contribution >= 4 is 0 Å². The Morgan fingerprint density at radius 3 is 2.50 bits per heavy atom. The Labute approximate surface area is 121 Å². The van der Waals surface area contributed by atoms with E-state index in [0.717, 1.165) is 38.5 Å². The second-order valence-corrected chi connectivity index (χ2v) is 7.58. The second-order valence-electron chi connectivity index (χ2n) is 7.58. The number of hydrogen-bond donors (Lipinski definition) is 1. The highest BCUT2D eigenvalue weighted by molar-refractivity contribution is 5.07. The second kappa shape index (κ2) is 5.17. The molecule has 20 heavy (non-hydrogen) atoms. The first-order valence-electron chi connectivity index (χ1n) is 7.83. The standard InChI is InChI=1S/C15H28N2O3/c1-4-12-6-14(5-2)8-13(3,11-16)9-15(7-12,10-14)20-17(18)19/h12H,4-11,16H2,1-3H3. The first kappa shape index (κ1) is 15.5. The van der Waals surface area contributed by atoms with Crippen molar-refractivity contribution in [2.45, 2.75) is 71.3 Å². The van der Waals surface area contributed by atoms with Crippen molar-refractivity contribution in [3.05, 3.63) is 10.1 Å². The summed E-state index contributed by atoms with van der Waals surface area (Å²) in [6.45, 7) is 7.13. The van der Waals surface area contributed by atoms with E-state index < -0.39 is 10.7 Å². The molecule has 0 aliphatic heterocycles. The first-order chi connectivity index (χ1) is 9.30. The predicted molar refractivity (Wildman–Crippen MR) is 77.6 cm³/mol. The minimum absolute atomic E-state index is 0.0387. The molecule has 0 heterocycles. The lowest BCUT2D eigenvalue weighted by Gasteiger charge is -2.59. The van der Waals surface area contributed by atoms with Crippen LogP contribution in [0.3, 0.4) is 0 Å². The molecule has 0 aromatic carbocycles. The third-order valence-electron chi connectivity index (χ3n) is 5.72. The molecule has 2 N–H and O–H groups in total. The van der Waals surface area contributed by atoms with E-state index in [0.29, 0.717) is 12.5 Å². The van der Waals surface area contributed by atoms with Gasteiger partial charge in [-0.15, -0.1) is 10.1 Å². The molecular weight excluding hydrogens is 256 g/mol. The Hall–Kier alpha value is -0.840.